The summed E-state index contributed by atoms with van der Waals surface area (Å²) in [5.74, 6) is 1.68. The predicted molar refractivity (Wildman–Crippen MR) is 55.4 cm³/mol. The summed E-state index contributed by atoms with van der Waals surface area (Å²) >= 11 is 0. The van der Waals surface area contributed by atoms with Gasteiger partial charge >= 0.3 is 0 Å². The second-order valence-electron chi connectivity index (χ2n) is 4.19. The lowest BCUT2D eigenvalue weighted by Gasteiger charge is -2.39. The maximum Gasteiger partial charge on any atom is 0.161 e. The molecule has 1 fully saturated rings. The number of fused-ring (bicyclic) bond motifs is 1. The molecule has 0 spiro atoms. The van der Waals surface area contributed by atoms with Crippen molar-refractivity contribution in [3.8, 4) is 11.5 Å². The summed E-state index contributed by atoms with van der Waals surface area (Å²) in [4.78, 5) is 0. The molecule has 1 atom stereocenters. The summed E-state index contributed by atoms with van der Waals surface area (Å²) in [6, 6.07) is 6.07. The minimum atomic E-state index is -0.115. The van der Waals surface area contributed by atoms with Crippen molar-refractivity contribution in [2.24, 2.45) is 0 Å². The Morgan fingerprint density at radius 2 is 1.80 bits per heavy atom. The lowest BCUT2D eigenvalue weighted by Crippen LogP contribution is -2.37. The van der Waals surface area contributed by atoms with E-state index in [1.54, 1.807) is 0 Å². The predicted octanol–water partition coefficient (Wildman–Crippen LogP) is 2.09. The summed E-state index contributed by atoms with van der Waals surface area (Å²) in [6.45, 7) is 4.24. The van der Waals surface area contributed by atoms with Gasteiger partial charge < -0.3 is 14.2 Å². The van der Waals surface area contributed by atoms with Crippen molar-refractivity contribution in [3.05, 3.63) is 23.8 Å². The summed E-state index contributed by atoms with van der Waals surface area (Å²) in [5.41, 5.74) is 1.06. The fourth-order valence-corrected chi connectivity index (χ4v) is 2.01. The van der Waals surface area contributed by atoms with E-state index in [-0.39, 0.29) is 5.60 Å². The Labute approximate surface area is 89.0 Å². The van der Waals surface area contributed by atoms with Crippen LogP contribution in [0.2, 0.25) is 0 Å². The molecule has 3 nitrogen and oxygen atoms in total. The molecule has 15 heavy (non-hydrogen) atoms. The molecule has 0 radical (unpaired) electrons. The van der Waals surface area contributed by atoms with Crippen LogP contribution >= 0.6 is 0 Å². The van der Waals surface area contributed by atoms with E-state index in [1.165, 1.54) is 5.56 Å². The fraction of sp³-hybridized carbons (Fsp3) is 0.500. The first kappa shape index (κ1) is 9.04. The maximum atomic E-state index is 5.60. The highest BCUT2D eigenvalue weighted by Crippen LogP contribution is 2.41. The minimum absolute atomic E-state index is 0.115. The van der Waals surface area contributed by atoms with Gasteiger partial charge in [0.05, 0.1) is 12.2 Å². The number of hydrogen-bond acceptors (Lipinski definition) is 3. The van der Waals surface area contributed by atoms with Gasteiger partial charge in [-0.2, -0.15) is 0 Å². The molecule has 2 heterocycles. The monoisotopic (exact) mass is 206 g/mol. The molecule has 1 unspecified atom stereocenters. The van der Waals surface area contributed by atoms with Crippen molar-refractivity contribution in [2.75, 3.05) is 19.8 Å². The Kier molecular flexibility index (Phi) is 1.89. The van der Waals surface area contributed by atoms with E-state index >= 15 is 0 Å². The molecule has 0 amide bonds. The van der Waals surface area contributed by atoms with Crippen LogP contribution in [0.1, 0.15) is 18.9 Å². The summed E-state index contributed by atoms with van der Waals surface area (Å²) in [6.07, 6.45) is 1.08. The van der Waals surface area contributed by atoms with E-state index in [9.17, 15) is 0 Å². The molecule has 0 aliphatic carbocycles. The second kappa shape index (κ2) is 3.14. The molecular formula is C12H14O3. The van der Waals surface area contributed by atoms with E-state index < -0.39 is 0 Å². The Balaban J connectivity index is 1.97. The van der Waals surface area contributed by atoms with Crippen molar-refractivity contribution in [3.63, 3.8) is 0 Å². The van der Waals surface area contributed by atoms with Crippen LogP contribution in [0.15, 0.2) is 18.2 Å². The number of hydrogen-bond donors (Lipinski definition) is 0. The summed E-state index contributed by atoms with van der Waals surface area (Å²) < 4.78 is 16.6. The molecule has 3 heteroatoms. The van der Waals surface area contributed by atoms with Gasteiger partial charge in [-0.1, -0.05) is 6.07 Å². The molecule has 0 aromatic heterocycles. The van der Waals surface area contributed by atoms with Gasteiger partial charge in [-0.3, -0.25) is 0 Å². The molecule has 0 bridgehead atoms. The van der Waals surface area contributed by atoms with Crippen LogP contribution < -0.4 is 9.47 Å². The third kappa shape index (κ3) is 1.38. The number of ether oxygens (including phenoxy) is 3. The zero-order valence-electron chi connectivity index (χ0n) is 8.79. The highest BCUT2D eigenvalue weighted by molar-refractivity contribution is 5.45. The third-order valence-electron chi connectivity index (χ3n) is 3.15. The topological polar surface area (TPSA) is 27.7 Å². The van der Waals surface area contributed by atoms with Gasteiger partial charge in [-0.05, 0) is 24.6 Å². The quantitative estimate of drug-likeness (QED) is 0.704. The third-order valence-corrected chi connectivity index (χ3v) is 3.15. The second-order valence-corrected chi connectivity index (χ2v) is 4.19. The largest absolute Gasteiger partial charge is 0.486 e. The molecular weight excluding hydrogens is 192 g/mol. The van der Waals surface area contributed by atoms with E-state index in [4.69, 9.17) is 14.2 Å². The average Bonchev–Trinajstić information content (AvgIpc) is 2.25. The molecule has 0 saturated carbocycles. The van der Waals surface area contributed by atoms with Gasteiger partial charge in [0.25, 0.3) is 0 Å². The van der Waals surface area contributed by atoms with E-state index in [1.807, 2.05) is 12.1 Å². The Hall–Kier alpha value is -1.22. The zero-order valence-corrected chi connectivity index (χ0v) is 8.79. The molecule has 80 valence electrons. The van der Waals surface area contributed by atoms with Crippen LogP contribution in [-0.4, -0.2) is 19.8 Å². The van der Waals surface area contributed by atoms with E-state index in [0.717, 1.165) is 24.5 Å². The normalized spacial score (nSPS) is 28.3. The molecule has 2 aliphatic rings. The lowest BCUT2D eigenvalue weighted by atomic mass is 9.88. The smallest absolute Gasteiger partial charge is 0.161 e. The Morgan fingerprint density at radius 3 is 2.47 bits per heavy atom. The van der Waals surface area contributed by atoms with Crippen molar-refractivity contribution in [1.29, 1.82) is 0 Å². The van der Waals surface area contributed by atoms with Gasteiger partial charge in [-0.15, -0.1) is 0 Å². The van der Waals surface area contributed by atoms with E-state index in [2.05, 4.69) is 13.0 Å². The van der Waals surface area contributed by atoms with Crippen molar-refractivity contribution in [2.45, 2.75) is 18.9 Å². The minimum Gasteiger partial charge on any atom is -0.486 e. The fourth-order valence-electron chi connectivity index (χ4n) is 2.01. The molecule has 1 saturated heterocycles. The van der Waals surface area contributed by atoms with Crippen LogP contribution in [0.3, 0.4) is 0 Å². The van der Waals surface area contributed by atoms with Crippen LogP contribution in [0, 0.1) is 0 Å². The van der Waals surface area contributed by atoms with Crippen molar-refractivity contribution in [1.82, 2.24) is 0 Å². The van der Waals surface area contributed by atoms with Crippen LogP contribution in [-0.2, 0) is 10.3 Å². The number of rotatable bonds is 1. The summed E-state index contributed by atoms with van der Waals surface area (Å²) in [5, 5.41) is 0. The van der Waals surface area contributed by atoms with Crippen LogP contribution in [0.5, 0.6) is 11.5 Å². The van der Waals surface area contributed by atoms with E-state index in [0.29, 0.717) is 13.2 Å². The first-order valence-corrected chi connectivity index (χ1v) is 5.32. The molecule has 1 aromatic rings. The lowest BCUT2D eigenvalue weighted by molar-refractivity contribution is -0.140. The zero-order chi connectivity index (χ0) is 10.3. The van der Waals surface area contributed by atoms with Gasteiger partial charge in [0, 0.05) is 6.42 Å². The highest BCUT2D eigenvalue weighted by atomic mass is 16.6. The molecule has 2 aliphatic heterocycles. The Morgan fingerprint density at radius 1 is 1.07 bits per heavy atom. The Bertz CT molecular complexity index is 382. The highest BCUT2D eigenvalue weighted by Gasteiger charge is 2.35. The molecule has 3 rings (SSSR count). The van der Waals surface area contributed by atoms with Gasteiger partial charge in [0.2, 0.25) is 0 Å². The average molecular weight is 206 g/mol. The molecule has 1 aromatic carbocycles. The van der Waals surface area contributed by atoms with Crippen molar-refractivity contribution >= 4 is 0 Å². The maximum absolute atomic E-state index is 5.60. The first-order valence-electron chi connectivity index (χ1n) is 5.32. The SMILES string of the molecule is CC1(c2ccc3c(c2)OCCO3)CCO1. The number of benzene rings is 1. The standard InChI is InChI=1S/C12H14O3/c1-12(4-5-15-12)9-2-3-10-11(8-9)14-7-6-13-10/h2-3,8H,4-7H2,1H3. The van der Waals surface area contributed by atoms with Crippen molar-refractivity contribution < 1.29 is 14.2 Å². The summed E-state index contributed by atoms with van der Waals surface area (Å²) in [7, 11) is 0. The van der Waals surface area contributed by atoms with Gasteiger partial charge in [0.15, 0.2) is 11.5 Å². The van der Waals surface area contributed by atoms with Crippen LogP contribution in [0.4, 0.5) is 0 Å². The first-order chi connectivity index (χ1) is 7.28. The molecule has 0 N–H and O–H groups in total. The van der Waals surface area contributed by atoms with Gasteiger partial charge in [0.1, 0.15) is 13.2 Å². The van der Waals surface area contributed by atoms with Crippen LogP contribution in [0.25, 0.3) is 0 Å². The van der Waals surface area contributed by atoms with Gasteiger partial charge in [-0.25, -0.2) is 0 Å².